The second-order valence-corrected chi connectivity index (χ2v) is 42.8. The van der Waals surface area contributed by atoms with Crippen LogP contribution in [0.5, 0.6) is 0 Å². The molecule has 2 aromatic rings. The van der Waals surface area contributed by atoms with Crippen molar-refractivity contribution in [2.75, 3.05) is 0 Å². The van der Waals surface area contributed by atoms with Crippen molar-refractivity contribution >= 4 is 80.1 Å². The Hall–Kier alpha value is -0.0649. The zero-order chi connectivity index (χ0) is 34.8. The molecule has 1 unspecified atom stereocenters. The first-order chi connectivity index (χ1) is 21.2. The number of unbranched alkanes of at least 4 members (excludes halogenated alkanes) is 2. The van der Waals surface area contributed by atoms with E-state index >= 15 is 0 Å². The van der Waals surface area contributed by atoms with Crippen molar-refractivity contribution < 1.29 is 24.7 Å². The molecule has 262 valence electrons. The van der Waals surface area contributed by atoms with Gasteiger partial charge in [0, 0.05) is 10.4 Å². The monoisotopic (exact) mass is 770 g/mol. The molecule has 0 fully saturated rings. The first-order valence-corrected chi connectivity index (χ1v) is 38.5. The van der Waals surface area contributed by atoms with Crippen LogP contribution in [0.2, 0.25) is 96.2 Å². The quantitative estimate of drug-likeness (QED) is 0.0951. The molecule has 1 atom stereocenters. The fraction of sp³-hybridized carbons (Fsp3) is 0.625. The summed E-state index contributed by atoms with van der Waals surface area (Å²) in [6.45, 7) is 32.0. The molecular weight excluding hydrogens is 705 g/mol. The van der Waals surface area contributed by atoms with E-state index in [-0.39, 0.29) is 0 Å². The predicted molar refractivity (Wildman–Crippen MR) is 218 cm³/mol. The molecule has 0 saturated heterocycles. The van der Waals surface area contributed by atoms with Gasteiger partial charge in [0.2, 0.25) is 0 Å². The summed E-state index contributed by atoms with van der Waals surface area (Å²) in [5.41, 5.74) is 0.467. The van der Waals surface area contributed by atoms with Gasteiger partial charge in [-0.2, -0.15) is 0 Å². The van der Waals surface area contributed by atoms with E-state index in [1.807, 2.05) is 0 Å². The Kier molecular flexibility index (Phi) is 16.7. The van der Waals surface area contributed by atoms with Crippen LogP contribution in [0.15, 0.2) is 60.7 Å². The van der Waals surface area contributed by atoms with Crippen LogP contribution in [-0.2, 0) is 24.7 Å². The van der Waals surface area contributed by atoms with E-state index in [4.69, 9.17) is 24.7 Å². The maximum atomic E-state index is 7.31. The van der Waals surface area contributed by atoms with Crippen LogP contribution < -0.4 is 10.4 Å². The molecule has 14 heteroatoms. The van der Waals surface area contributed by atoms with E-state index < -0.39 is 69.7 Å². The lowest BCUT2D eigenvalue weighted by Gasteiger charge is -2.43. The maximum Gasteiger partial charge on any atom is 0.505 e. The van der Waals surface area contributed by atoms with Crippen molar-refractivity contribution in [1.29, 1.82) is 0 Å². The van der Waals surface area contributed by atoms with Crippen molar-refractivity contribution in [1.82, 2.24) is 0 Å². The predicted octanol–water partition coefficient (Wildman–Crippen LogP) is 7.92. The summed E-state index contributed by atoms with van der Waals surface area (Å²) in [4.78, 5) is 0. The van der Waals surface area contributed by atoms with Crippen LogP contribution in [0, 0.1) is 0 Å². The zero-order valence-corrected chi connectivity index (χ0v) is 40.0. The molecule has 0 aliphatic heterocycles. The molecule has 6 nitrogen and oxygen atoms in total. The van der Waals surface area contributed by atoms with Crippen molar-refractivity contribution in [3.63, 3.8) is 0 Å². The molecule has 46 heavy (non-hydrogen) atoms. The largest absolute Gasteiger partial charge is 0.505 e. The molecule has 0 heterocycles. The van der Waals surface area contributed by atoms with Crippen LogP contribution in [0.4, 0.5) is 0 Å². The zero-order valence-electron chi connectivity index (χ0n) is 31.6. The number of hydrogen-bond donors (Lipinski definition) is 0. The van der Waals surface area contributed by atoms with Crippen LogP contribution >= 0.6 is 0 Å². The summed E-state index contributed by atoms with van der Waals surface area (Å²) >= 11 is 0. The smallest absolute Gasteiger partial charge is 0.416 e. The lowest BCUT2D eigenvalue weighted by molar-refractivity contribution is 0.272. The molecule has 0 aliphatic rings. The number of benzene rings is 2. The highest BCUT2D eigenvalue weighted by Gasteiger charge is 2.53. The summed E-state index contributed by atoms with van der Waals surface area (Å²) in [6.07, 6.45) is 3.44. The van der Waals surface area contributed by atoms with Gasteiger partial charge in [0.05, 0.1) is 0 Å². The number of rotatable bonds is 21. The summed E-state index contributed by atoms with van der Waals surface area (Å²) in [7, 11) is -16.6. The molecule has 0 aromatic heterocycles. The van der Waals surface area contributed by atoms with Gasteiger partial charge in [-0.05, 0) is 96.2 Å². The Balaban J connectivity index is 2.16. The standard InChI is InChI=1S/C32H66O6Si8/c1-30(2)44(13,14)38-46(35-41(7)8,32-26-20-16-21-27-32)37-43(11,12)29-23-17-22-28-42(9,10)36-45(33-39(3)4,34-40(5)6)31-24-18-15-19-25-31/h15-16,18-21,24-27,30,39-41H,17,22-23,28-29H2,1-14H3. The third kappa shape index (κ3) is 13.7. The Labute approximate surface area is 293 Å². The molecule has 2 rings (SSSR count). The van der Waals surface area contributed by atoms with Crippen molar-refractivity contribution in [2.24, 2.45) is 0 Å². The van der Waals surface area contributed by atoms with Crippen molar-refractivity contribution in [3.8, 4) is 0 Å². The first kappa shape index (κ1) is 42.1. The van der Waals surface area contributed by atoms with E-state index in [2.05, 4.69) is 153 Å². The SMILES string of the molecule is CC(C)[Si](C)(C)O[Si](O[SiH](C)C)(O[Si](C)(C)CCCCC[Si](C)(C)O[Si](O[SiH](C)C)(O[SiH](C)C)c1ccccc1)c1ccccc1. The van der Waals surface area contributed by atoms with Crippen LogP contribution in [-0.4, -0.2) is 69.7 Å². The Morgan fingerprint density at radius 3 is 1.22 bits per heavy atom. The van der Waals surface area contributed by atoms with Crippen LogP contribution in [0.25, 0.3) is 0 Å². The number of hydrogen-bond acceptors (Lipinski definition) is 6. The summed E-state index contributed by atoms with van der Waals surface area (Å²) in [5, 5.41) is 2.24. The van der Waals surface area contributed by atoms with Gasteiger partial charge in [0.25, 0.3) is 0 Å². The lowest BCUT2D eigenvalue weighted by Crippen LogP contribution is -2.67. The average molecular weight is 772 g/mol. The van der Waals surface area contributed by atoms with Crippen molar-refractivity contribution in [2.45, 2.75) is 129 Å². The molecule has 0 amide bonds. The summed E-state index contributed by atoms with van der Waals surface area (Å²) in [6, 6.07) is 23.3. The van der Waals surface area contributed by atoms with Gasteiger partial charge in [-0.1, -0.05) is 93.8 Å². The van der Waals surface area contributed by atoms with Gasteiger partial charge in [0.15, 0.2) is 52.1 Å². The minimum absolute atomic E-state index is 0.467. The topological polar surface area (TPSA) is 55.4 Å². The third-order valence-corrected chi connectivity index (χ3v) is 35.2. The highest BCUT2D eigenvalue weighted by molar-refractivity contribution is 6.94. The molecule has 0 saturated carbocycles. The van der Waals surface area contributed by atoms with E-state index in [1.54, 1.807) is 0 Å². The van der Waals surface area contributed by atoms with E-state index in [1.165, 1.54) is 0 Å². The second-order valence-electron chi connectivity index (χ2n) is 15.5. The molecular formula is C32H66O6Si8. The molecule has 0 spiro atoms. The van der Waals surface area contributed by atoms with Crippen LogP contribution in [0.1, 0.15) is 33.1 Å². The van der Waals surface area contributed by atoms with Gasteiger partial charge in [0.1, 0.15) is 0 Å². The third-order valence-electron chi connectivity index (χ3n) is 8.09. The highest BCUT2D eigenvalue weighted by atomic mass is 28.5. The van der Waals surface area contributed by atoms with Gasteiger partial charge < -0.3 is 24.7 Å². The van der Waals surface area contributed by atoms with Gasteiger partial charge in [-0.15, -0.1) is 0 Å². The Bertz CT molecular complexity index is 1140. The second kappa shape index (κ2) is 18.3. The minimum atomic E-state index is -3.10. The molecule has 0 bridgehead atoms. The minimum Gasteiger partial charge on any atom is -0.416 e. The van der Waals surface area contributed by atoms with E-state index in [9.17, 15) is 0 Å². The Morgan fingerprint density at radius 1 is 0.500 bits per heavy atom. The van der Waals surface area contributed by atoms with E-state index in [0.29, 0.717) is 5.54 Å². The normalized spacial score (nSPS) is 14.9. The highest BCUT2D eigenvalue weighted by Crippen LogP contribution is 2.31. The maximum absolute atomic E-state index is 7.31. The van der Waals surface area contributed by atoms with Gasteiger partial charge >= 0.3 is 17.6 Å². The summed E-state index contributed by atoms with van der Waals surface area (Å²) in [5.74, 6) is 0. The fourth-order valence-corrected chi connectivity index (χ4v) is 33.3. The van der Waals surface area contributed by atoms with Gasteiger partial charge in [-0.25, -0.2) is 0 Å². The molecule has 0 N–H and O–H groups in total. The fourth-order valence-electron chi connectivity index (χ4n) is 5.31. The Morgan fingerprint density at radius 2 is 0.848 bits per heavy atom. The molecule has 0 aliphatic carbocycles. The van der Waals surface area contributed by atoms with Crippen LogP contribution in [0.3, 0.4) is 0 Å². The van der Waals surface area contributed by atoms with E-state index in [0.717, 1.165) is 41.7 Å². The first-order valence-electron chi connectivity index (χ1n) is 17.5. The van der Waals surface area contributed by atoms with Gasteiger partial charge in [-0.3, -0.25) is 0 Å². The molecule has 0 radical (unpaired) electrons. The summed E-state index contributed by atoms with van der Waals surface area (Å²) < 4.78 is 42.2. The molecule has 2 aromatic carbocycles. The average Bonchev–Trinajstić information content (AvgIpc) is 2.91. The lowest BCUT2D eigenvalue weighted by atomic mass is 10.3. The van der Waals surface area contributed by atoms with Crippen molar-refractivity contribution in [3.05, 3.63) is 60.7 Å².